The van der Waals surface area contributed by atoms with Crippen molar-refractivity contribution < 1.29 is 19.4 Å². The number of aliphatic hydroxyl groups excluding tert-OH is 1. The average Bonchev–Trinajstić information content (AvgIpc) is 3.37. The molecule has 0 spiro atoms. The maximum Gasteiger partial charge on any atom is 0.301 e. The van der Waals surface area contributed by atoms with Crippen LogP contribution in [-0.4, -0.2) is 28.9 Å². The number of hydrogen-bond donors (Lipinski definition) is 1. The molecular formula is C27H22N2O4S. The second-order valence-electron chi connectivity index (χ2n) is 8.28. The Labute approximate surface area is 200 Å². The minimum atomic E-state index is -0.812. The van der Waals surface area contributed by atoms with Crippen molar-refractivity contribution in [1.82, 2.24) is 4.98 Å². The van der Waals surface area contributed by atoms with Gasteiger partial charge in [0.2, 0.25) is 0 Å². The van der Waals surface area contributed by atoms with Gasteiger partial charge in [-0.25, -0.2) is 4.98 Å². The van der Waals surface area contributed by atoms with Gasteiger partial charge in [0, 0.05) is 5.56 Å². The highest BCUT2D eigenvalue weighted by molar-refractivity contribution is 7.22. The number of hydrogen-bond acceptors (Lipinski definition) is 6. The molecule has 1 fully saturated rings. The van der Waals surface area contributed by atoms with Crippen LogP contribution in [0, 0.1) is 13.8 Å². The normalized spacial score (nSPS) is 17.5. The molecule has 0 radical (unpaired) electrons. The molecule has 1 aromatic heterocycles. The van der Waals surface area contributed by atoms with Crippen molar-refractivity contribution >= 4 is 44.1 Å². The van der Waals surface area contributed by atoms with Crippen LogP contribution in [0.2, 0.25) is 0 Å². The summed E-state index contributed by atoms with van der Waals surface area (Å²) in [4.78, 5) is 32.7. The van der Waals surface area contributed by atoms with Gasteiger partial charge in [-0.15, -0.1) is 0 Å². The van der Waals surface area contributed by atoms with E-state index in [-0.39, 0.29) is 11.3 Å². The summed E-state index contributed by atoms with van der Waals surface area (Å²) in [7, 11) is 1.53. The first-order valence-corrected chi connectivity index (χ1v) is 11.6. The van der Waals surface area contributed by atoms with E-state index in [4.69, 9.17) is 4.74 Å². The van der Waals surface area contributed by atoms with Crippen molar-refractivity contribution in [3.8, 4) is 5.75 Å². The Morgan fingerprint density at radius 1 is 1.00 bits per heavy atom. The maximum absolute atomic E-state index is 13.3. The van der Waals surface area contributed by atoms with E-state index in [1.54, 1.807) is 24.3 Å². The lowest BCUT2D eigenvalue weighted by atomic mass is 9.95. The number of aromatic nitrogens is 1. The number of benzene rings is 3. The van der Waals surface area contributed by atoms with E-state index in [2.05, 4.69) is 4.98 Å². The number of Topliss-reactive ketones (excluding diaryl/α,β-unsaturated/α-hetero) is 1. The summed E-state index contributed by atoms with van der Waals surface area (Å²) in [6.07, 6.45) is 0. The number of carbonyl (C=O) groups is 2. The van der Waals surface area contributed by atoms with Gasteiger partial charge in [0.15, 0.2) is 5.13 Å². The number of rotatable bonds is 4. The van der Waals surface area contributed by atoms with Crippen molar-refractivity contribution in [2.45, 2.75) is 19.9 Å². The number of ether oxygens (including phenoxy) is 1. The molecule has 6 nitrogen and oxygen atoms in total. The SMILES string of the molecule is COc1cccc(/C(O)=C2\C(=O)C(=O)N(c3nc4ccc(C)cc4s3)C2c2ccc(C)cc2)c1. The topological polar surface area (TPSA) is 79.7 Å². The Bertz CT molecular complexity index is 1470. The second kappa shape index (κ2) is 8.43. The zero-order valence-electron chi connectivity index (χ0n) is 18.9. The average molecular weight is 471 g/mol. The molecule has 170 valence electrons. The van der Waals surface area contributed by atoms with Gasteiger partial charge in [0.1, 0.15) is 11.5 Å². The highest BCUT2D eigenvalue weighted by Gasteiger charge is 2.48. The van der Waals surface area contributed by atoms with Gasteiger partial charge in [-0.1, -0.05) is 59.4 Å². The second-order valence-corrected chi connectivity index (χ2v) is 9.29. The lowest BCUT2D eigenvalue weighted by Gasteiger charge is -2.23. The third-order valence-electron chi connectivity index (χ3n) is 5.92. The number of aryl methyl sites for hydroxylation is 2. The van der Waals surface area contributed by atoms with Gasteiger partial charge in [-0.2, -0.15) is 0 Å². The Balaban J connectivity index is 1.73. The van der Waals surface area contributed by atoms with Gasteiger partial charge in [0.05, 0.1) is 28.9 Å². The van der Waals surface area contributed by atoms with Gasteiger partial charge >= 0.3 is 5.91 Å². The molecular weight excluding hydrogens is 448 g/mol. The minimum Gasteiger partial charge on any atom is -0.507 e. The first kappa shape index (κ1) is 21.9. The largest absolute Gasteiger partial charge is 0.507 e. The van der Waals surface area contributed by atoms with Gasteiger partial charge in [0.25, 0.3) is 5.78 Å². The van der Waals surface area contributed by atoms with E-state index in [1.807, 2.05) is 56.3 Å². The van der Waals surface area contributed by atoms with E-state index in [1.165, 1.54) is 23.3 Å². The Kier molecular flexibility index (Phi) is 5.42. The molecule has 0 aliphatic carbocycles. The summed E-state index contributed by atoms with van der Waals surface area (Å²) < 4.78 is 6.19. The van der Waals surface area contributed by atoms with E-state index in [0.29, 0.717) is 22.0 Å². The molecule has 1 aliphatic rings. The molecule has 34 heavy (non-hydrogen) atoms. The van der Waals surface area contributed by atoms with Crippen LogP contribution in [0.3, 0.4) is 0 Å². The predicted molar refractivity (Wildman–Crippen MR) is 133 cm³/mol. The number of fused-ring (bicyclic) bond motifs is 1. The zero-order chi connectivity index (χ0) is 24.0. The Morgan fingerprint density at radius 2 is 1.74 bits per heavy atom. The van der Waals surface area contributed by atoms with Crippen LogP contribution in [0.4, 0.5) is 5.13 Å². The van der Waals surface area contributed by atoms with Crippen molar-refractivity contribution in [1.29, 1.82) is 0 Å². The summed E-state index contributed by atoms with van der Waals surface area (Å²) in [5.74, 6) is -1.18. The van der Waals surface area contributed by atoms with Crippen molar-refractivity contribution in [3.63, 3.8) is 0 Å². The number of amides is 1. The monoisotopic (exact) mass is 470 g/mol. The molecule has 0 saturated carbocycles. The first-order chi connectivity index (χ1) is 16.4. The molecule has 2 heterocycles. The van der Waals surface area contributed by atoms with Crippen LogP contribution in [0.5, 0.6) is 5.75 Å². The van der Waals surface area contributed by atoms with Gasteiger partial charge in [-0.05, 0) is 49.2 Å². The summed E-state index contributed by atoms with van der Waals surface area (Å²) in [5, 5.41) is 11.7. The molecule has 3 aromatic carbocycles. The number of ketones is 1. The lowest BCUT2D eigenvalue weighted by Crippen LogP contribution is -2.29. The quantitative estimate of drug-likeness (QED) is 0.240. The third-order valence-corrected chi connectivity index (χ3v) is 6.94. The fourth-order valence-corrected chi connectivity index (χ4v) is 5.23. The Morgan fingerprint density at radius 3 is 2.47 bits per heavy atom. The third kappa shape index (κ3) is 3.64. The molecule has 4 aromatic rings. The number of aliphatic hydroxyl groups is 1. The highest BCUT2D eigenvalue weighted by atomic mass is 32.1. The molecule has 1 saturated heterocycles. The molecule has 0 bridgehead atoms. The van der Waals surface area contributed by atoms with Crippen LogP contribution in [0.25, 0.3) is 16.0 Å². The summed E-state index contributed by atoms with van der Waals surface area (Å²) in [5.41, 5.74) is 4.02. The van der Waals surface area contributed by atoms with E-state index in [9.17, 15) is 14.7 Å². The molecule has 1 N–H and O–H groups in total. The molecule has 1 amide bonds. The number of methoxy groups -OCH3 is 1. The highest BCUT2D eigenvalue weighted by Crippen LogP contribution is 2.44. The zero-order valence-corrected chi connectivity index (χ0v) is 19.7. The van der Waals surface area contributed by atoms with E-state index in [0.717, 1.165) is 21.3 Å². The van der Waals surface area contributed by atoms with Gasteiger partial charge in [-0.3, -0.25) is 14.5 Å². The predicted octanol–water partition coefficient (Wildman–Crippen LogP) is 5.55. The van der Waals surface area contributed by atoms with E-state index < -0.39 is 17.7 Å². The van der Waals surface area contributed by atoms with Crippen LogP contribution in [-0.2, 0) is 9.59 Å². The molecule has 1 unspecified atom stereocenters. The summed E-state index contributed by atoms with van der Waals surface area (Å²) >= 11 is 1.35. The number of thiazole rings is 1. The lowest BCUT2D eigenvalue weighted by molar-refractivity contribution is -0.132. The van der Waals surface area contributed by atoms with Gasteiger partial charge < -0.3 is 9.84 Å². The minimum absolute atomic E-state index is 0.0255. The van der Waals surface area contributed by atoms with Crippen LogP contribution < -0.4 is 9.64 Å². The number of anilines is 1. The summed E-state index contributed by atoms with van der Waals surface area (Å²) in [6.45, 7) is 3.96. The Hall–Kier alpha value is -3.97. The smallest absolute Gasteiger partial charge is 0.301 e. The first-order valence-electron chi connectivity index (χ1n) is 10.8. The molecule has 1 aliphatic heterocycles. The molecule has 5 rings (SSSR count). The fraction of sp³-hybridized carbons (Fsp3) is 0.148. The summed E-state index contributed by atoms with van der Waals surface area (Å²) in [6, 6.07) is 19.4. The van der Waals surface area contributed by atoms with Crippen LogP contribution in [0.15, 0.2) is 72.3 Å². The van der Waals surface area contributed by atoms with Crippen molar-refractivity contribution in [2.75, 3.05) is 12.0 Å². The fourth-order valence-electron chi connectivity index (χ4n) is 4.14. The molecule has 7 heteroatoms. The van der Waals surface area contributed by atoms with Crippen molar-refractivity contribution in [3.05, 3.63) is 94.6 Å². The number of carbonyl (C=O) groups excluding carboxylic acids is 2. The maximum atomic E-state index is 13.3. The van der Waals surface area contributed by atoms with Crippen molar-refractivity contribution in [2.24, 2.45) is 0 Å². The number of nitrogens with zero attached hydrogens (tertiary/aromatic N) is 2. The van der Waals surface area contributed by atoms with Crippen LogP contribution >= 0.6 is 11.3 Å². The van der Waals surface area contributed by atoms with E-state index >= 15 is 0 Å². The van der Waals surface area contributed by atoms with Crippen LogP contribution in [0.1, 0.15) is 28.3 Å². The molecule has 1 atom stereocenters. The standard InChI is InChI=1S/C27H22N2O4S/c1-15-7-10-17(11-8-15)23-22(24(30)18-5-4-6-19(14-18)33-3)25(31)26(32)29(23)27-28-20-12-9-16(2)13-21(20)34-27/h4-14,23,30H,1-3H3/b24-22+.